The summed E-state index contributed by atoms with van der Waals surface area (Å²) in [5, 5.41) is 0. The van der Waals surface area contributed by atoms with E-state index >= 15 is 0 Å². The van der Waals surface area contributed by atoms with Crippen molar-refractivity contribution in [3.63, 3.8) is 0 Å². The number of aryl methyl sites for hydroxylation is 1. The fraction of sp³-hybridized carbons (Fsp3) is 0.238. The first-order valence-electron chi connectivity index (χ1n) is 8.82. The predicted molar refractivity (Wildman–Crippen MR) is 104 cm³/mol. The molecule has 2 heterocycles. The molecule has 0 spiro atoms. The maximum atomic E-state index is 12.6. The van der Waals surface area contributed by atoms with Crippen LogP contribution in [0.15, 0.2) is 47.3 Å². The zero-order valence-corrected chi connectivity index (χ0v) is 15.9. The molecular formula is C21H20N2O5. The molecular weight excluding hydrogens is 360 g/mol. The number of ether oxygens (including phenoxy) is 4. The van der Waals surface area contributed by atoms with Crippen molar-refractivity contribution < 1.29 is 18.9 Å². The van der Waals surface area contributed by atoms with Gasteiger partial charge in [0.15, 0.2) is 11.5 Å². The Morgan fingerprint density at radius 1 is 0.893 bits per heavy atom. The summed E-state index contributed by atoms with van der Waals surface area (Å²) in [6.45, 7) is 0.548. The summed E-state index contributed by atoms with van der Waals surface area (Å²) in [5.74, 6) is 2.81. The number of hydrogen-bond donors (Lipinski definition) is 0. The highest BCUT2D eigenvalue weighted by Gasteiger charge is 2.22. The zero-order chi connectivity index (χ0) is 19.7. The molecule has 0 aliphatic carbocycles. The van der Waals surface area contributed by atoms with Gasteiger partial charge in [0.2, 0.25) is 5.88 Å². The maximum Gasteiger partial charge on any atom is 0.351 e. The van der Waals surface area contributed by atoms with Crippen molar-refractivity contribution in [2.45, 2.75) is 13.0 Å². The molecule has 3 aromatic rings. The van der Waals surface area contributed by atoms with Gasteiger partial charge in [0.05, 0.1) is 27.0 Å². The van der Waals surface area contributed by atoms with Crippen LogP contribution in [0.2, 0.25) is 0 Å². The highest BCUT2D eigenvalue weighted by atomic mass is 16.5. The minimum Gasteiger partial charge on any atom is -0.497 e. The monoisotopic (exact) mass is 380 g/mol. The lowest BCUT2D eigenvalue weighted by atomic mass is 9.97. The van der Waals surface area contributed by atoms with E-state index in [4.69, 9.17) is 18.9 Å². The number of rotatable bonds is 5. The number of hydrogen-bond acceptors (Lipinski definition) is 6. The van der Waals surface area contributed by atoms with Crippen LogP contribution in [0.1, 0.15) is 5.56 Å². The molecule has 0 radical (unpaired) electrons. The van der Waals surface area contributed by atoms with Gasteiger partial charge in [-0.15, -0.1) is 0 Å². The molecule has 0 unspecified atom stereocenters. The SMILES string of the molecule is COc1ccc(Oc2cc3n(c(=O)n2)CCc2cc(OC)c(OC)cc2-3)cc1. The fourth-order valence-corrected chi connectivity index (χ4v) is 3.34. The van der Waals surface area contributed by atoms with Crippen LogP contribution in [-0.2, 0) is 13.0 Å². The lowest BCUT2D eigenvalue weighted by Gasteiger charge is -2.23. The van der Waals surface area contributed by atoms with E-state index in [-0.39, 0.29) is 11.6 Å². The third-order valence-corrected chi connectivity index (χ3v) is 4.76. The zero-order valence-electron chi connectivity index (χ0n) is 15.9. The van der Waals surface area contributed by atoms with Gasteiger partial charge < -0.3 is 18.9 Å². The normalized spacial score (nSPS) is 12.0. The molecule has 144 valence electrons. The van der Waals surface area contributed by atoms with E-state index in [1.807, 2.05) is 12.1 Å². The van der Waals surface area contributed by atoms with Crippen LogP contribution in [-0.4, -0.2) is 30.9 Å². The number of fused-ring (bicyclic) bond motifs is 3. The Morgan fingerprint density at radius 2 is 1.57 bits per heavy atom. The van der Waals surface area contributed by atoms with Gasteiger partial charge in [-0.1, -0.05) is 0 Å². The Morgan fingerprint density at radius 3 is 2.25 bits per heavy atom. The fourth-order valence-electron chi connectivity index (χ4n) is 3.34. The average Bonchev–Trinajstić information content (AvgIpc) is 2.73. The van der Waals surface area contributed by atoms with Gasteiger partial charge in [0.25, 0.3) is 0 Å². The van der Waals surface area contributed by atoms with Crippen LogP contribution >= 0.6 is 0 Å². The van der Waals surface area contributed by atoms with Gasteiger partial charge in [-0.2, -0.15) is 4.98 Å². The second-order valence-corrected chi connectivity index (χ2v) is 6.31. The quantitative estimate of drug-likeness (QED) is 0.676. The minimum atomic E-state index is -0.346. The highest BCUT2D eigenvalue weighted by molar-refractivity contribution is 5.70. The van der Waals surface area contributed by atoms with Gasteiger partial charge in [0, 0.05) is 18.2 Å². The topological polar surface area (TPSA) is 71.8 Å². The third-order valence-electron chi connectivity index (χ3n) is 4.76. The average molecular weight is 380 g/mol. The molecule has 28 heavy (non-hydrogen) atoms. The lowest BCUT2D eigenvalue weighted by Crippen LogP contribution is -2.28. The van der Waals surface area contributed by atoms with E-state index in [0.717, 1.165) is 22.6 Å². The van der Waals surface area contributed by atoms with Gasteiger partial charge >= 0.3 is 5.69 Å². The Balaban J connectivity index is 1.77. The molecule has 4 rings (SSSR count). The van der Waals surface area contributed by atoms with Crippen LogP contribution in [0.4, 0.5) is 0 Å². The molecule has 0 amide bonds. The van der Waals surface area contributed by atoms with Crippen LogP contribution in [0, 0.1) is 0 Å². The molecule has 1 aliphatic rings. The van der Waals surface area contributed by atoms with Gasteiger partial charge in [-0.25, -0.2) is 4.79 Å². The summed E-state index contributed by atoms with van der Waals surface area (Å²) in [5.41, 5.74) is 2.38. The summed E-state index contributed by atoms with van der Waals surface area (Å²) < 4.78 is 23.4. The van der Waals surface area contributed by atoms with E-state index in [1.54, 1.807) is 56.2 Å². The molecule has 1 aromatic heterocycles. The number of aromatic nitrogens is 2. The largest absolute Gasteiger partial charge is 0.497 e. The lowest BCUT2D eigenvalue weighted by molar-refractivity contribution is 0.354. The first-order valence-corrected chi connectivity index (χ1v) is 8.82. The molecule has 2 aromatic carbocycles. The number of nitrogens with zero attached hydrogens (tertiary/aromatic N) is 2. The van der Waals surface area contributed by atoms with Crippen LogP contribution in [0.5, 0.6) is 28.9 Å². The number of methoxy groups -OCH3 is 3. The predicted octanol–water partition coefficient (Wildman–Crippen LogP) is 3.28. The van der Waals surface area contributed by atoms with Crippen molar-refractivity contribution in [3.05, 3.63) is 58.5 Å². The Hall–Kier alpha value is -3.48. The molecule has 0 N–H and O–H groups in total. The second-order valence-electron chi connectivity index (χ2n) is 6.31. The number of benzene rings is 2. The summed E-state index contributed by atoms with van der Waals surface area (Å²) in [4.78, 5) is 16.6. The molecule has 7 heteroatoms. The van der Waals surface area contributed by atoms with E-state index in [1.165, 1.54) is 0 Å². The first kappa shape index (κ1) is 17.9. The third kappa shape index (κ3) is 3.15. The van der Waals surface area contributed by atoms with Crippen LogP contribution < -0.4 is 24.6 Å². The summed E-state index contributed by atoms with van der Waals surface area (Å²) in [6.07, 6.45) is 0.711. The van der Waals surface area contributed by atoms with Crippen molar-refractivity contribution in [2.24, 2.45) is 0 Å². The van der Waals surface area contributed by atoms with Crippen molar-refractivity contribution >= 4 is 0 Å². The van der Waals surface area contributed by atoms with Crippen LogP contribution in [0.25, 0.3) is 11.3 Å². The smallest absolute Gasteiger partial charge is 0.351 e. The van der Waals surface area contributed by atoms with Crippen LogP contribution in [0.3, 0.4) is 0 Å². The van der Waals surface area contributed by atoms with Crippen molar-refractivity contribution in [2.75, 3.05) is 21.3 Å². The second kappa shape index (κ2) is 7.26. The van der Waals surface area contributed by atoms with E-state index in [0.29, 0.717) is 30.2 Å². The molecule has 0 bridgehead atoms. The summed E-state index contributed by atoms with van der Waals surface area (Å²) in [7, 11) is 4.80. The van der Waals surface area contributed by atoms with Crippen molar-refractivity contribution in [1.82, 2.24) is 9.55 Å². The molecule has 0 saturated carbocycles. The Labute approximate surface area is 162 Å². The van der Waals surface area contributed by atoms with E-state index in [2.05, 4.69) is 4.98 Å². The van der Waals surface area contributed by atoms with Gasteiger partial charge in [0.1, 0.15) is 11.5 Å². The standard InChI is InChI=1S/C21H20N2O5/c1-25-14-4-6-15(7-5-14)28-20-12-17-16-11-19(27-3)18(26-2)10-13(16)8-9-23(17)21(24)22-20/h4-7,10-12H,8-9H2,1-3H3. The van der Waals surface area contributed by atoms with Gasteiger partial charge in [-0.05, 0) is 48.4 Å². The van der Waals surface area contributed by atoms with Crippen molar-refractivity contribution in [1.29, 1.82) is 0 Å². The highest BCUT2D eigenvalue weighted by Crippen LogP contribution is 2.38. The Bertz CT molecular complexity index is 1070. The Kier molecular flexibility index (Phi) is 4.65. The summed E-state index contributed by atoms with van der Waals surface area (Å²) >= 11 is 0. The molecule has 7 nitrogen and oxygen atoms in total. The maximum absolute atomic E-state index is 12.6. The molecule has 0 fully saturated rings. The van der Waals surface area contributed by atoms with E-state index < -0.39 is 0 Å². The van der Waals surface area contributed by atoms with Crippen molar-refractivity contribution in [3.8, 4) is 40.1 Å². The first-order chi connectivity index (χ1) is 13.6. The minimum absolute atomic E-state index is 0.240. The molecule has 0 saturated heterocycles. The van der Waals surface area contributed by atoms with E-state index in [9.17, 15) is 4.79 Å². The molecule has 1 aliphatic heterocycles. The molecule has 0 atom stereocenters. The van der Waals surface area contributed by atoms with Gasteiger partial charge in [-0.3, -0.25) is 4.57 Å². The summed E-state index contributed by atoms with van der Waals surface area (Å²) in [6, 6.07) is 12.7.